The fraction of sp³-hybridized carbons (Fsp3) is 0.833. The molecule has 2 N–H and O–H groups in total. The van der Waals surface area contributed by atoms with Crippen LogP contribution in [-0.4, -0.2) is 41.1 Å². The maximum absolute atomic E-state index is 11.9. The van der Waals surface area contributed by atoms with Gasteiger partial charge in [0.1, 0.15) is 6.04 Å². The molecule has 0 aromatic heterocycles. The van der Waals surface area contributed by atoms with E-state index in [0.29, 0.717) is 25.4 Å². The summed E-state index contributed by atoms with van der Waals surface area (Å²) in [5, 5.41) is 11.5. The predicted octanol–water partition coefficient (Wildman–Crippen LogP) is 1.93. The van der Waals surface area contributed by atoms with Crippen molar-refractivity contribution in [3.8, 4) is 0 Å². The minimum atomic E-state index is -0.971. The number of carboxylic acids is 1. The number of nitrogens with zero attached hydrogens (tertiary/aromatic N) is 1. The third-order valence-electron chi connectivity index (χ3n) is 2.43. The van der Waals surface area contributed by atoms with Crippen LogP contribution in [0.4, 0.5) is 4.79 Å². The Bertz CT molecular complexity index is 254. The van der Waals surface area contributed by atoms with Crippen molar-refractivity contribution in [2.75, 3.05) is 13.1 Å². The van der Waals surface area contributed by atoms with Crippen LogP contribution in [0.1, 0.15) is 40.5 Å². The largest absolute Gasteiger partial charge is 0.480 e. The molecule has 2 amide bonds. The van der Waals surface area contributed by atoms with E-state index in [0.717, 1.165) is 6.42 Å². The van der Waals surface area contributed by atoms with Crippen LogP contribution in [0.5, 0.6) is 0 Å². The second-order valence-corrected chi connectivity index (χ2v) is 4.56. The Morgan fingerprint density at radius 1 is 1.29 bits per heavy atom. The molecule has 1 unspecified atom stereocenters. The predicted molar refractivity (Wildman–Crippen MR) is 66.9 cm³/mol. The molecule has 0 aromatic rings. The van der Waals surface area contributed by atoms with Crippen LogP contribution < -0.4 is 5.32 Å². The zero-order valence-electron chi connectivity index (χ0n) is 11.2. The zero-order chi connectivity index (χ0) is 13.4. The molecule has 0 heterocycles. The summed E-state index contributed by atoms with van der Waals surface area (Å²) in [6.07, 6.45) is 1.19. The smallest absolute Gasteiger partial charge is 0.326 e. The highest BCUT2D eigenvalue weighted by molar-refractivity contribution is 5.82. The van der Waals surface area contributed by atoms with Gasteiger partial charge in [-0.2, -0.15) is 0 Å². The number of hydrogen-bond acceptors (Lipinski definition) is 2. The Hall–Kier alpha value is -1.26. The number of rotatable bonds is 7. The molecule has 0 radical (unpaired) electrons. The standard InChI is InChI=1S/C12H24N2O3/c1-5-7-10(11(15)16)13-12(17)14(6-2)8-9(3)4/h9-10H,5-8H2,1-4H3,(H,13,17)(H,15,16). The van der Waals surface area contributed by atoms with Gasteiger partial charge in [-0.25, -0.2) is 9.59 Å². The number of aliphatic carboxylic acids is 1. The summed E-state index contributed by atoms with van der Waals surface area (Å²) in [6, 6.07) is -1.07. The van der Waals surface area contributed by atoms with Crippen LogP contribution >= 0.6 is 0 Å². The van der Waals surface area contributed by atoms with Gasteiger partial charge < -0.3 is 15.3 Å². The molecule has 0 aliphatic rings. The van der Waals surface area contributed by atoms with E-state index in [1.54, 1.807) is 4.90 Å². The van der Waals surface area contributed by atoms with Crippen molar-refractivity contribution in [3.05, 3.63) is 0 Å². The molecule has 1 atom stereocenters. The van der Waals surface area contributed by atoms with Gasteiger partial charge in [-0.15, -0.1) is 0 Å². The summed E-state index contributed by atoms with van der Waals surface area (Å²) in [4.78, 5) is 24.4. The Labute approximate surface area is 103 Å². The van der Waals surface area contributed by atoms with E-state index in [1.165, 1.54) is 0 Å². The van der Waals surface area contributed by atoms with Gasteiger partial charge in [0.2, 0.25) is 0 Å². The quantitative estimate of drug-likeness (QED) is 0.719. The SMILES string of the molecule is CCCC(NC(=O)N(CC)CC(C)C)C(=O)O. The molecule has 5 heteroatoms. The minimum Gasteiger partial charge on any atom is -0.480 e. The topological polar surface area (TPSA) is 69.6 Å². The highest BCUT2D eigenvalue weighted by atomic mass is 16.4. The number of carbonyl (C=O) groups is 2. The van der Waals surface area contributed by atoms with Gasteiger partial charge in [0.25, 0.3) is 0 Å². The summed E-state index contributed by atoms with van der Waals surface area (Å²) in [6.45, 7) is 9.06. The van der Waals surface area contributed by atoms with Crippen LogP contribution in [0.15, 0.2) is 0 Å². The first kappa shape index (κ1) is 15.7. The lowest BCUT2D eigenvalue weighted by Gasteiger charge is -2.25. The van der Waals surface area contributed by atoms with Crippen LogP contribution in [-0.2, 0) is 4.79 Å². The van der Waals surface area contributed by atoms with Crippen molar-refractivity contribution in [2.45, 2.75) is 46.6 Å². The average Bonchev–Trinajstić information content (AvgIpc) is 2.24. The van der Waals surface area contributed by atoms with Gasteiger partial charge in [0.05, 0.1) is 0 Å². The summed E-state index contributed by atoms with van der Waals surface area (Å²) in [5.41, 5.74) is 0. The molecule has 0 rings (SSSR count). The first-order chi connectivity index (χ1) is 7.92. The molecular formula is C12H24N2O3. The van der Waals surface area contributed by atoms with Crippen LogP contribution in [0, 0.1) is 5.92 Å². The average molecular weight is 244 g/mol. The van der Waals surface area contributed by atoms with Gasteiger partial charge in [0.15, 0.2) is 0 Å². The molecule has 0 aromatic carbocycles. The summed E-state index contributed by atoms with van der Waals surface area (Å²) < 4.78 is 0. The number of carboxylic acid groups (broad SMARTS) is 1. The fourth-order valence-corrected chi connectivity index (χ4v) is 1.58. The summed E-state index contributed by atoms with van der Waals surface area (Å²) in [7, 11) is 0. The van der Waals surface area contributed by atoms with Crippen molar-refractivity contribution in [2.24, 2.45) is 5.92 Å². The van der Waals surface area contributed by atoms with Gasteiger partial charge in [0, 0.05) is 13.1 Å². The molecule has 0 fully saturated rings. The second-order valence-electron chi connectivity index (χ2n) is 4.56. The van der Waals surface area contributed by atoms with E-state index in [2.05, 4.69) is 5.32 Å². The van der Waals surface area contributed by atoms with E-state index in [9.17, 15) is 9.59 Å². The van der Waals surface area contributed by atoms with Gasteiger partial charge in [-0.3, -0.25) is 0 Å². The molecule has 0 aliphatic carbocycles. The third kappa shape index (κ3) is 6.14. The Morgan fingerprint density at radius 3 is 2.24 bits per heavy atom. The normalized spacial score (nSPS) is 12.3. The minimum absolute atomic E-state index is 0.290. The lowest BCUT2D eigenvalue weighted by atomic mass is 10.1. The molecular weight excluding hydrogens is 220 g/mol. The van der Waals surface area contributed by atoms with Crippen LogP contribution in [0.2, 0.25) is 0 Å². The number of amides is 2. The maximum Gasteiger partial charge on any atom is 0.326 e. The van der Waals surface area contributed by atoms with E-state index in [4.69, 9.17) is 5.11 Å². The molecule has 0 saturated carbocycles. The van der Waals surface area contributed by atoms with E-state index >= 15 is 0 Å². The van der Waals surface area contributed by atoms with Gasteiger partial charge in [-0.1, -0.05) is 27.2 Å². The van der Waals surface area contributed by atoms with Crippen molar-refractivity contribution < 1.29 is 14.7 Å². The van der Waals surface area contributed by atoms with Crippen LogP contribution in [0.25, 0.3) is 0 Å². The molecule has 5 nitrogen and oxygen atoms in total. The summed E-state index contributed by atoms with van der Waals surface area (Å²) in [5.74, 6) is -0.601. The molecule has 0 aliphatic heterocycles. The molecule has 0 saturated heterocycles. The fourth-order valence-electron chi connectivity index (χ4n) is 1.58. The second kappa shape index (κ2) is 7.92. The van der Waals surface area contributed by atoms with Crippen molar-refractivity contribution >= 4 is 12.0 Å². The van der Waals surface area contributed by atoms with E-state index < -0.39 is 12.0 Å². The number of urea groups is 1. The van der Waals surface area contributed by atoms with Crippen LogP contribution in [0.3, 0.4) is 0 Å². The maximum atomic E-state index is 11.9. The number of hydrogen-bond donors (Lipinski definition) is 2. The molecule has 100 valence electrons. The van der Waals surface area contributed by atoms with Crippen molar-refractivity contribution in [3.63, 3.8) is 0 Å². The molecule has 0 bridgehead atoms. The highest BCUT2D eigenvalue weighted by Gasteiger charge is 2.21. The Morgan fingerprint density at radius 2 is 1.88 bits per heavy atom. The lowest BCUT2D eigenvalue weighted by Crippen LogP contribution is -2.48. The van der Waals surface area contributed by atoms with Crippen molar-refractivity contribution in [1.82, 2.24) is 10.2 Å². The highest BCUT2D eigenvalue weighted by Crippen LogP contribution is 2.02. The first-order valence-electron chi connectivity index (χ1n) is 6.20. The summed E-state index contributed by atoms with van der Waals surface area (Å²) >= 11 is 0. The van der Waals surface area contributed by atoms with Crippen molar-refractivity contribution in [1.29, 1.82) is 0 Å². The lowest BCUT2D eigenvalue weighted by molar-refractivity contribution is -0.139. The Kier molecular flexibility index (Phi) is 7.34. The van der Waals surface area contributed by atoms with E-state index in [-0.39, 0.29) is 6.03 Å². The van der Waals surface area contributed by atoms with E-state index in [1.807, 2.05) is 27.7 Å². The first-order valence-corrected chi connectivity index (χ1v) is 6.20. The molecule has 17 heavy (non-hydrogen) atoms. The monoisotopic (exact) mass is 244 g/mol. The Balaban J connectivity index is 4.40. The third-order valence-corrected chi connectivity index (χ3v) is 2.43. The number of nitrogens with one attached hydrogen (secondary N) is 1. The van der Waals surface area contributed by atoms with Gasteiger partial charge in [-0.05, 0) is 19.3 Å². The zero-order valence-corrected chi connectivity index (χ0v) is 11.2. The molecule has 0 spiro atoms. The van der Waals surface area contributed by atoms with Gasteiger partial charge >= 0.3 is 12.0 Å². The number of carbonyl (C=O) groups excluding carboxylic acids is 1.